The zero-order chi connectivity index (χ0) is 22.5. The van der Waals surface area contributed by atoms with Crippen molar-refractivity contribution in [2.45, 2.75) is 25.9 Å². The first-order valence-electron chi connectivity index (χ1n) is 11.8. The maximum absolute atomic E-state index is 6.04. The van der Waals surface area contributed by atoms with Crippen molar-refractivity contribution in [1.82, 2.24) is 24.5 Å². The minimum absolute atomic E-state index is 0.254. The zero-order valence-electron chi connectivity index (χ0n) is 19.2. The highest BCUT2D eigenvalue weighted by Gasteiger charge is 2.23. The Kier molecular flexibility index (Phi) is 6.70. The van der Waals surface area contributed by atoms with E-state index in [1.54, 1.807) is 0 Å². The van der Waals surface area contributed by atoms with Gasteiger partial charge in [-0.2, -0.15) is 0 Å². The van der Waals surface area contributed by atoms with Gasteiger partial charge in [0.25, 0.3) is 0 Å². The van der Waals surface area contributed by atoms with Gasteiger partial charge in [0.1, 0.15) is 12.4 Å². The molecule has 172 valence electrons. The molecule has 0 radical (unpaired) electrons. The number of benzene rings is 1. The SMILES string of the molecule is Cc1nnc2c(N3CCC(OCC#CCN4CCN(c5ccccc5)CC4)CC3)nccn12. The molecular weight excluding hydrogens is 414 g/mol. The highest BCUT2D eigenvalue weighted by Crippen LogP contribution is 2.23. The third kappa shape index (κ3) is 5.10. The number of fused-ring (bicyclic) bond motifs is 1. The number of ether oxygens (including phenoxy) is 1. The van der Waals surface area contributed by atoms with Gasteiger partial charge in [0, 0.05) is 57.3 Å². The fourth-order valence-corrected chi connectivity index (χ4v) is 4.57. The van der Waals surface area contributed by atoms with Gasteiger partial charge in [-0.15, -0.1) is 10.2 Å². The van der Waals surface area contributed by atoms with Crippen LogP contribution in [0.1, 0.15) is 18.7 Å². The van der Waals surface area contributed by atoms with Crippen molar-refractivity contribution in [3.05, 3.63) is 48.5 Å². The molecule has 8 nitrogen and oxygen atoms in total. The van der Waals surface area contributed by atoms with Crippen LogP contribution >= 0.6 is 0 Å². The summed E-state index contributed by atoms with van der Waals surface area (Å²) in [5.41, 5.74) is 2.14. The second kappa shape index (κ2) is 10.2. The molecule has 5 rings (SSSR count). The van der Waals surface area contributed by atoms with Crippen LogP contribution < -0.4 is 9.80 Å². The third-order valence-electron chi connectivity index (χ3n) is 6.53. The van der Waals surface area contributed by atoms with E-state index in [0.717, 1.165) is 75.9 Å². The molecule has 8 heteroatoms. The van der Waals surface area contributed by atoms with Crippen molar-refractivity contribution in [3.63, 3.8) is 0 Å². The smallest absolute Gasteiger partial charge is 0.203 e. The summed E-state index contributed by atoms with van der Waals surface area (Å²) in [5, 5.41) is 8.47. The fraction of sp³-hybridized carbons (Fsp3) is 0.480. The number of nitrogens with zero attached hydrogens (tertiary/aromatic N) is 7. The maximum Gasteiger partial charge on any atom is 0.203 e. The first kappa shape index (κ1) is 21.7. The summed E-state index contributed by atoms with van der Waals surface area (Å²) in [6.07, 6.45) is 5.92. The minimum atomic E-state index is 0.254. The summed E-state index contributed by atoms with van der Waals surface area (Å²) >= 11 is 0. The van der Waals surface area contributed by atoms with Gasteiger partial charge in [0.05, 0.1) is 12.6 Å². The Bertz CT molecular complexity index is 1100. The summed E-state index contributed by atoms with van der Waals surface area (Å²) in [7, 11) is 0. The predicted octanol–water partition coefficient (Wildman–Crippen LogP) is 2.24. The first-order valence-corrected chi connectivity index (χ1v) is 11.8. The normalized spacial score (nSPS) is 17.8. The lowest BCUT2D eigenvalue weighted by Gasteiger charge is -2.35. The van der Waals surface area contributed by atoms with E-state index in [1.807, 2.05) is 23.7 Å². The summed E-state index contributed by atoms with van der Waals surface area (Å²) in [6.45, 7) is 9.30. The van der Waals surface area contributed by atoms with Gasteiger partial charge >= 0.3 is 0 Å². The molecule has 33 heavy (non-hydrogen) atoms. The van der Waals surface area contributed by atoms with Crippen LogP contribution in [0, 0.1) is 18.8 Å². The number of piperazine rings is 1. The quantitative estimate of drug-likeness (QED) is 0.558. The predicted molar refractivity (Wildman–Crippen MR) is 130 cm³/mol. The summed E-state index contributed by atoms with van der Waals surface area (Å²) < 4.78 is 8.03. The second-order valence-corrected chi connectivity index (χ2v) is 8.64. The van der Waals surface area contributed by atoms with E-state index in [2.05, 4.69) is 72.1 Å². The molecule has 2 aliphatic rings. The van der Waals surface area contributed by atoms with E-state index in [1.165, 1.54) is 5.69 Å². The molecular formula is C25H31N7O. The summed E-state index contributed by atoms with van der Waals surface area (Å²) in [5.74, 6) is 8.30. The Morgan fingerprint density at radius 1 is 0.939 bits per heavy atom. The third-order valence-corrected chi connectivity index (χ3v) is 6.53. The molecule has 1 aromatic carbocycles. The number of anilines is 2. The van der Waals surface area contributed by atoms with Crippen molar-refractivity contribution >= 4 is 17.2 Å². The molecule has 0 unspecified atom stereocenters. The van der Waals surface area contributed by atoms with Crippen molar-refractivity contribution in [3.8, 4) is 11.8 Å². The van der Waals surface area contributed by atoms with Crippen LogP contribution in [-0.2, 0) is 4.74 Å². The topological polar surface area (TPSA) is 62.0 Å². The largest absolute Gasteiger partial charge is 0.369 e. The fourth-order valence-electron chi connectivity index (χ4n) is 4.57. The lowest BCUT2D eigenvalue weighted by atomic mass is 10.1. The Labute approximate surface area is 195 Å². The average molecular weight is 446 g/mol. The van der Waals surface area contributed by atoms with Gasteiger partial charge in [0.2, 0.25) is 5.65 Å². The highest BCUT2D eigenvalue weighted by atomic mass is 16.5. The number of rotatable bonds is 5. The van der Waals surface area contributed by atoms with Gasteiger partial charge in [-0.25, -0.2) is 4.98 Å². The van der Waals surface area contributed by atoms with Gasteiger partial charge in [-0.3, -0.25) is 9.30 Å². The summed E-state index contributed by atoms with van der Waals surface area (Å²) in [4.78, 5) is 11.7. The van der Waals surface area contributed by atoms with E-state index in [-0.39, 0.29) is 6.10 Å². The van der Waals surface area contributed by atoms with E-state index >= 15 is 0 Å². The van der Waals surface area contributed by atoms with E-state index in [4.69, 9.17) is 4.74 Å². The van der Waals surface area contributed by atoms with Crippen LogP contribution in [0.15, 0.2) is 42.7 Å². The molecule has 0 amide bonds. The van der Waals surface area contributed by atoms with Crippen LogP contribution in [0.5, 0.6) is 0 Å². The van der Waals surface area contributed by atoms with Gasteiger partial charge in [-0.05, 0) is 31.9 Å². The Hall–Kier alpha value is -3.15. The molecule has 2 fully saturated rings. The summed E-state index contributed by atoms with van der Waals surface area (Å²) in [6, 6.07) is 10.6. The molecule has 0 spiro atoms. The molecule has 0 N–H and O–H groups in total. The molecule has 3 aromatic rings. The Balaban J connectivity index is 1.02. The molecule has 2 saturated heterocycles. The second-order valence-electron chi connectivity index (χ2n) is 8.64. The Morgan fingerprint density at radius 2 is 1.73 bits per heavy atom. The minimum Gasteiger partial charge on any atom is -0.369 e. The number of para-hydroxylation sites is 1. The van der Waals surface area contributed by atoms with Gasteiger partial charge < -0.3 is 14.5 Å². The van der Waals surface area contributed by atoms with Gasteiger partial charge in [0.15, 0.2) is 5.82 Å². The van der Waals surface area contributed by atoms with Crippen molar-refractivity contribution in [1.29, 1.82) is 0 Å². The average Bonchev–Trinajstić information content (AvgIpc) is 3.26. The molecule has 0 bridgehead atoms. The standard InChI is InChI=1S/C25H31N7O/c1-21-27-28-25-24(26-11-15-32(21)25)31-13-9-23(10-14-31)33-20-6-5-12-29-16-18-30(19-17-29)22-7-3-2-4-8-22/h2-4,7-8,11,15,23H,9-10,12-14,16-20H2,1H3. The van der Waals surface area contributed by atoms with E-state index in [9.17, 15) is 0 Å². The van der Waals surface area contributed by atoms with Crippen LogP contribution in [0.4, 0.5) is 11.5 Å². The van der Waals surface area contributed by atoms with E-state index < -0.39 is 0 Å². The van der Waals surface area contributed by atoms with Crippen LogP contribution in [0.2, 0.25) is 0 Å². The molecule has 0 aliphatic carbocycles. The number of hydrogen-bond donors (Lipinski definition) is 0. The van der Waals surface area contributed by atoms with Crippen molar-refractivity contribution < 1.29 is 4.74 Å². The monoisotopic (exact) mass is 445 g/mol. The number of piperidine rings is 1. The molecule has 2 aliphatic heterocycles. The molecule has 0 atom stereocenters. The molecule has 2 aromatic heterocycles. The maximum atomic E-state index is 6.04. The highest BCUT2D eigenvalue weighted by molar-refractivity contribution is 5.63. The lowest BCUT2D eigenvalue weighted by molar-refractivity contribution is 0.0594. The number of aromatic nitrogens is 4. The lowest BCUT2D eigenvalue weighted by Crippen LogP contribution is -2.46. The molecule has 0 saturated carbocycles. The van der Waals surface area contributed by atoms with Crippen molar-refractivity contribution in [2.24, 2.45) is 0 Å². The van der Waals surface area contributed by atoms with Crippen LogP contribution in [0.3, 0.4) is 0 Å². The van der Waals surface area contributed by atoms with Gasteiger partial charge in [-0.1, -0.05) is 30.0 Å². The zero-order valence-corrected chi connectivity index (χ0v) is 19.2. The van der Waals surface area contributed by atoms with Crippen LogP contribution in [0.25, 0.3) is 5.65 Å². The first-order chi connectivity index (χ1) is 16.3. The number of hydrogen-bond acceptors (Lipinski definition) is 7. The Morgan fingerprint density at radius 3 is 2.52 bits per heavy atom. The van der Waals surface area contributed by atoms with Crippen molar-refractivity contribution in [2.75, 3.05) is 62.2 Å². The number of aryl methyl sites for hydroxylation is 1. The van der Waals surface area contributed by atoms with Crippen LogP contribution in [-0.4, -0.2) is 83.0 Å². The molecule has 4 heterocycles. The van der Waals surface area contributed by atoms with E-state index in [0.29, 0.717) is 6.61 Å².